The van der Waals surface area contributed by atoms with Crippen molar-refractivity contribution in [2.45, 2.75) is 31.3 Å². The lowest BCUT2D eigenvalue weighted by Gasteiger charge is -2.22. The van der Waals surface area contributed by atoms with Gasteiger partial charge in [0.05, 0.1) is 5.60 Å². The maximum absolute atomic E-state index is 10.4. The van der Waals surface area contributed by atoms with Crippen molar-refractivity contribution in [2.24, 2.45) is 0 Å². The van der Waals surface area contributed by atoms with E-state index in [1.807, 2.05) is 6.07 Å². The summed E-state index contributed by atoms with van der Waals surface area (Å²) in [5.41, 5.74) is 0.151. The van der Waals surface area contributed by atoms with Crippen molar-refractivity contribution in [3.63, 3.8) is 0 Å². The predicted molar refractivity (Wildman–Crippen MR) is 52.7 cm³/mol. The van der Waals surface area contributed by atoms with Crippen LogP contribution in [0.15, 0.2) is 12.3 Å². The molecular weight excluding hydrogens is 194 g/mol. The van der Waals surface area contributed by atoms with Gasteiger partial charge in [0.1, 0.15) is 0 Å². The molecule has 0 spiro atoms. The summed E-state index contributed by atoms with van der Waals surface area (Å²) in [7, 11) is 0. The maximum atomic E-state index is 10.4. The Hall–Kier alpha value is -1.29. The van der Waals surface area contributed by atoms with E-state index in [0.717, 1.165) is 31.2 Å². The first-order chi connectivity index (χ1) is 7.28. The van der Waals surface area contributed by atoms with E-state index >= 15 is 0 Å². The number of ether oxygens (including phenoxy) is 2. The average molecular weight is 207 g/mol. The van der Waals surface area contributed by atoms with Crippen LogP contribution in [0.2, 0.25) is 0 Å². The molecule has 1 N–H and O–H groups in total. The quantitative estimate of drug-likeness (QED) is 0.759. The third-order valence-electron chi connectivity index (χ3n) is 3.20. The molecule has 0 unspecified atom stereocenters. The van der Waals surface area contributed by atoms with Crippen LogP contribution in [-0.2, 0) is 5.60 Å². The highest BCUT2D eigenvalue weighted by atomic mass is 16.7. The first kappa shape index (κ1) is 8.97. The third kappa shape index (κ3) is 1.36. The smallest absolute Gasteiger partial charge is 0.260 e. The molecule has 1 aliphatic carbocycles. The Morgan fingerprint density at radius 3 is 2.87 bits per heavy atom. The molecule has 4 heteroatoms. The van der Waals surface area contributed by atoms with Gasteiger partial charge in [-0.15, -0.1) is 0 Å². The molecule has 1 aliphatic heterocycles. The lowest BCUT2D eigenvalue weighted by Crippen LogP contribution is -2.20. The standard InChI is InChI=1S/C11H13NO3/c13-11(3-1-2-4-11)8-5-9-10(12-6-8)15-7-14-9/h5-6,13H,1-4,7H2. The monoisotopic (exact) mass is 207 g/mol. The minimum absolute atomic E-state index is 0.226. The SMILES string of the molecule is OC1(c2cnc3c(c2)OCO3)CCCC1. The van der Waals surface area contributed by atoms with Crippen LogP contribution >= 0.6 is 0 Å². The fourth-order valence-corrected chi connectivity index (χ4v) is 2.30. The largest absolute Gasteiger partial charge is 0.452 e. The second-order valence-corrected chi connectivity index (χ2v) is 4.17. The predicted octanol–water partition coefficient (Wildman–Crippen LogP) is 1.57. The Balaban J connectivity index is 1.98. The van der Waals surface area contributed by atoms with Gasteiger partial charge < -0.3 is 14.6 Å². The van der Waals surface area contributed by atoms with Crippen LogP contribution in [0.1, 0.15) is 31.2 Å². The highest BCUT2D eigenvalue weighted by Crippen LogP contribution is 2.41. The molecule has 1 fully saturated rings. The van der Waals surface area contributed by atoms with E-state index in [9.17, 15) is 5.11 Å². The molecule has 4 nitrogen and oxygen atoms in total. The first-order valence-electron chi connectivity index (χ1n) is 5.26. The van der Waals surface area contributed by atoms with E-state index in [4.69, 9.17) is 9.47 Å². The molecule has 2 heterocycles. The minimum atomic E-state index is -0.700. The number of aromatic nitrogens is 1. The van der Waals surface area contributed by atoms with Crippen molar-refractivity contribution in [3.8, 4) is 11.6 Å². The molecule has 0 radical (unpaired) electrons. The van der Waals surface area contributed by atoms with E-state index in [-0.39, 0.29) is 6.79 Å². The van der Waals surface area contributed by atoms with Gasteiger partial charge in [0.15, 0.2) is 5.75 Å². The number of pyridine rings is 1. The van der Waals surface area contributed by atoms with Crippen LogP contribution in [0.3, 0.4) is 0 Å². The molecule has 3 rings (SSSR count). The van der Waals surface area contributed by atoms with E-state index in [2.05, 4.69) is 4.98 Å². The number of rotatable bonds is 1. The number of hydrogen-bond donors (Lipinski definition) is 1. The topological polar surface area (TPSA) is 51.6 Å². The minimum Gasteiger partial charge on any atom is -0.452 e. The molecule has 0 atom stereocenters. The summed E-state index contributed by atoms with van der Waals surface area (Å²) in [6, 6.07) is 1.85. The van der Waals surface area contributed by atoms with E-state index in [1.165, 1.54) is 0 Å². The highest BCUT2D eigenvalue weighted by Gasteiger charge is 2.34. The van der Waals surface area contributed by atoms with Gasteiger partial charge in [-0.2, -0.15) is 0 Å². The lowest BCUT2D eigenvalue weighted by molar-refractivity contribution is 0.0439. The molecule has 2 aliphatic rings. The second-order valence-electron chi connectivity index (χ2n) is 4.17. The summed E-state index contributed by atoms with van der Waals surface area (Å²) in [5, 5.41) is 10.4. The second kappa shape index (κ2) is 3.10. The zero-order valence-electron chi connectivity index (χ0n) is 8.40. The molecule has 0 bridgehead atoms. The molecule has 0 saturated heterocycles. The van der Waals surface area contributed by atoms with Gasteiger partial charge in [-0.05, 0) is 18.9 Å². The summed E-state index contributed by atoms with van der Waals surface area (Å²) in [5.74, 6) is 1.17. The van der Waals surface area contributed by atoms with Crippen molar-refractivity contribution < 1.29 is 14.6 Å². The molecule has 0 amide bonds. The van der Waals surface area contributed by atoms with E-state index in [1.54, 1.807) is 6.20 Å². The first-order valence-corrected chi connectivity index (χ1v) is 5.26. The van der Waals surface area contributed by atoms with Gasteiger partial charge in [-0.1, -0.05) is 12.8 Å². The number of hydrogen-bond acceptors (Lipinski definition) is 4. The van der Waals surface area contributed by atoms with Crippen molar-refractivity contribution >= 4 is 0 Å². The third-order valence-corrected chi connectivity index (χ3v) is 3.20. The van der Waals surface area contributed by atoms with Crippen LogP contribution < -0.4 is 9.47 Å². The number of aliphatic hydroxyl groups is 1. The highest BCUT2D eigenvalue weighted by molar-refractivity contribution is 5.40. The van der Waals surface area contributed by atoms with Crippen LogP contribution in [0, 0.1) is 0 Å². The van der Waals surface area contributed by atoms with Gasteiger partial charge >= 0.3 is 0 Å². The van der Waals surface area contributed by atoms with Gasteiger partial charge in [0.25, 0.3) is 5.88 Å². The number of fused-ring (bicyclic) bond motifs is 1. The number of nitrogens with zero attached hydrogens (tertiary/aromatic N) is 1. The van der Waals surface area contributed by atoms with Crippen LogP contribution in [0.5, 0.6) is 11.6 Å². The van der Waals surface area contributed by atoms with Crippen molar-refractivity contribution in [1.29, 1.82) is 0 Å². The van der Waals surface area contributed by atoms with Crippen molar-refractivity contribution in [3.05, 3.63) is 17.8 Å². The molecule has 0 aromatic carbocycles. The van der Waals surface area contributed by atoms with Crippen molar-refractivity contribution in [2.75, 3.05) is 6.79 Å². The van der Waals surface area contributed by atoms with Crippen LogP contribution in [0.4, 0.5) is 0 Å². The van der Waals surface area contributed by atoms with Gasteiger partial charge in [0.2, 0.25) is 6.79 Å². The molecule has 80 valence electrons. The van der Waals surface area contributed by atoms with Gasteiger partial charge in [-0.3, -0.25) is 0 Å². The normalized spacial score (nSPS) is 21.9. The summed E-state index contributed by atoms with van der Waals surface area (Å²) in [4.78, 5) is 4.14. The Bertz CT molecular complexity index is 385. The maximum Gasteiger partial charge on any atom is 0.260 e. The summed E-state index contributed by atoms with van der Waals surface area (Å²) in [6.07, 6.45) is 5.47. The summed E-state index contributed by atoms with van der Waals surface area (Å²) >= 11 is 0. The van der Waals surface area contributed by atoms with E-state index in [0.29, 0.717) is 11.6 Å². The summed E-state index contributed by atoms with van der Waals surface area (Å²) in [6.45, 7) is 0.226. The molecular formula is C11H13NO3. The van der Waals surface area contributed by atoms with E-state index < -0.39 is 5.60 Å². The van der Waals surface area contributed by atoms with Crippen LogP contribution in [0.25, 0.3) is 0 Å². The molecule has 1 aromatic heterocycles. The Kier molecular flexibility index (Phi) is 1.85. The fraction of sp³-hybridized carbons (Fsp3) is 0.545. The zero-order chi connectivity index (χ0) is 10.3. The Morgan fingerprint density at radius 1 is 1.27 bits per heavy atom. The fourth-order valence-electron chi connectivity index (χ4n) is 2.30. The molecule has 1 saturated carbocycles. The summed E-state index contributed by atoms with van der Waals surface area (Å²) < 4.78 is 10.4. The van der Waals surface area contributed by atoms with Crippen molar-refractivity contribution in [1.82, 2.24) is 4.98 Å². The zero-order valence-corrected chi connectivity index (χ0v) is 8.40. The van der Waals surface area contributed by atoms with Crippen LogP contribution in [-0.4, -0.2) is 16.9 Å². The van der Waals surface area contributed by atoms with Gasteiger partial charge in [0, 0.05) is 11.8 Å². The Labute approximate surface area is 87.9 Å². The lowest BCUT2D eigenvalue weighted by atomic mass is 9.94. The van der Waals surface area contributed by atoms with Gasteiger partial charge in [-0.25, -0.2) is 4.98 Å². The molecule has 15 heavy (non-hydrogen) atoms. The molecule has 1 aromatic rings. The Morgan fingerprint density at radius 2 is 2.07 bits per heavy atom. The average Bonchev–Trinajstić information content (AvgIpc) is 2.85.